The van der Waals surface area contributed by atoms with Gasteiger partial charge in [-0.05, 0) is 0 Å². The average Bonchev–Trinajstić information content (AvgIpc) is 2.99. The molecule has 0 aromatic heterocycles. The Hall–Kier alpha value is -3.25. The van der Waals surface area contributed by atoms with Crippen LogP contribution in [-0.4, -0.2) is 16.8 Å². The third kappa shape index (κ3) is 7.77. The molecule has 0 saturated carbocycles. The van der Waals surface area contributed by atoms with Gasteiger partial charge in [0.05, 0.1) is 0 Å². The molecule has 0 heterocycles. The number of rotatable bonds is 8. The van der Waals surface area contributed by atoms with Crippen LogP contribution in [0.5, 0.6) is 5.75 Å². The van der Waals surface area contributed by atoms with E-state index in [2.05, 4.69) is 41.5 Å². The van der Waals surface area contributed by atoms with Crippen LogP contribution in [0.2, 0.25) is 0 Å². The van der Waals surface area contributed by atoms with E-state index >= 15 is 0 Å². The van der Waals surface area contributed by atoms with Gasteiger partial charge in [-0.3, -0.25) is 0 Å². The summed E-state index contributed by atoms with van der Waals surface area (Å²) in [6.07, 6.45) is 0. The summed E-state index contributed by atoms with van der Waals surface area (Å²) >= 11 is -2.93. The van der Waals surface area contributed by atoms with Crippen molar-refractivity contribution in [2.75, 3.05) is 0 Å². The predicted octanol–water partition coefficient (Wildman–Crippen LogP) is 9.07. The second-order valence-electron chi connectivity index (χ2n) is 12.8. The zero-order valence-corrected chi connectivity index (χ0v) is 29.9. The van der Waals surface area contributed by atoms with Crippen LogP contribution >= 0.6 is 20.2 Å². The second kappa shape index (κ2) is 12.5. The summed E-state index contributed by atoms with van der Waals surface area (Å²) in [5, 5.41) is 1.23. The van der Waals surface area contributed by atoms with Gasteiger partial charge < -0.3 is 0 Å². The molecule has 236 valence electrons. The maximum atomic E-state index is 13.8. The van der Waals surface area contributed by atoms with Gasteiger partial charge in [0.1, 0.15) is 0 Å². The molecule has 0 aliphatic carbocycles. The van der Waals surface area contributed by atoms with E-state index in [1.165, 1.54) is 24.3 Å². The van der Waals surface area contributed by atoms with Crippen LogP contribution in [0.15, 0.2) is 125 Å². The summed E-state index contributed by atoms with van der Waals surface area (Å²) in [5.41, 5.74) is 2.23. The van der Waals surface area contributed by atoms with Crippen molar-refractivity contribution in [2.24, 2.45) is 0 Å². The fraction of sp³-hybridized carbons (Fsp3) is 0.222. The molecule has 0 unspecified atom stereocenters. The number of hydrogen-bond donors (Lipinski definition) is 0. The molecule has 0 saturated heterocycles. The van der Waals surface area contributed by atoms with Crippen LogP contribution in [0, 0.1) is 7.14 Å². The van der Waals surface area contributed by atoms with Crippen LogP contribution in [-0.2, 0) is 33.6 Å². The zero-order valence-electron chi connectivity index (χ0n) is 26.1. The summed E-state index contributed by atoms with van der Waals surface area (Å²) in [7, 11) is -8.17. The molecule has 0 radical (unpaired) electrons. The van der Waals surface area contributed by atoms with Crippen molar-refractivity contribution in [3.05, 3.63) is 134 Å². The Morgan fingerprint density at radius 3 is 1.51 bits per heavy atom. The molecule has 5 aromatic carbocycles. The molecule has 0 N–H and O–H groups in total. The first-order chi connectivity index (χ1) is 21.0. The normalized spacial score (nSPS) is 13.1. The van der Waals surface area contributed by atoms with E-state index in [0.29, 0.717) is 10.8 Å². The van der Waals surface area contributed by atoms with Crippen LogP contribution in [0.25, 0.3) is 10.8 Å². The third-order valence-corrected chi connectivity index (χ3v) is 15.9. The fourth-order valence-electron chi connectivity index (χ4n) is 4.62. The van der Waals surface area contributed by atoms with Crippen LogP contribution in [0.4, 0.5) is 0 Å². The van der Waals surface area contributed by atoms with E-state index in [1.807, 2.05) is 48.5 Å². The van der Waals surface area contributed by atoms with Crippen molar-refractivity contribution in [2.45, 2.75) is 62.2 Å². The molecular formula is C36H37IO6S2. The first-order valence-corrected chi connectivity index (χ1v) is 20.3. The van der Waals surface area contributed by atoms with E-state index in [4.69, 9.17) is 6.70 Å². The van der Waals surface area contributed by atoms with Crippen molar-refractivity contribution in [3.8, 4) is 5.75 Å². The molecule has 0 aliphatic rings. The zero-order chi connectivity index (χ0) is 32.6. The van der Waals surface area contributed by atoms with E-state index in [-0.39, 0.29) is 26.4 Å². The number of benzene rings is 5. The quantitative estimate of drug-likeness (QED) is 0.116. The van der Waals surface area contributed by atoms with E-state index in [1.54, 1.807) is 42.5 Å². The molecule has 0 atom stereocenters. The molecule has 5 rings (SSSR count). The van der Waals surface area contributed by atoms with Gasteiger partial charge in [-0.15, -0.1) is 0 Å². The molecule has 5 aromatic rings. The van der Waals surface area contributed by atoms with Crippen molar-refractivity contribution in [1.82, 2.24) is 0 Å². The molecule has 0 bridgehead atoms. The summed E-state index contributed by atoms with van der Waals surface area (Å²) < 4.78 is 66.2. The second-order valence-corrected chi connectivity index (χ2v) is 20.8. The van der Waals surface area contributed by atoms with E-state index in [9.17, 15) is 16.8 Å². The number of hydrogen-bond acceptors (Lipinski definition) is 6. The minimum absolute atomic E-state index is 0.0282. The summed E-state index contributed by atoms with van der Waals surface area (Å²) in [6.45, 7) is 12.8. The Bertz CT molecular complexity index is 1970. The van der Waals surface area contributed by atoms with Crippen LogP contribution < -0.4 is 4.18 Å². The molecule has 0 amide bonds. The Labute approximate surface area is 274 Å². The van der Waals surface area contributed by atoms with Gasteiger partial charge >= 0.3 is 258 Å². The first kappa shape index (κ1) is 33.1. The maximum absolute atomic E-state index is 13.8. The Morgan fingerprint density at radius 1 is 0.511 bits per heavy atom. The van der Waals surface area contributed by atoms with Crippen molar-refractivity contribution in [3.63, 3.8) is 0 Å². The first-order valence-electron chi connectivity index (χ1n) is 14.4. The monoisotopic (exact) mass is 756 g/mol. The Balaban J connectivity index is 1.46. The fourth-order valence-corrected chi connectivity index (χ4v) is 12.5. The summed E-state index contributed by atoms with van der Waals surface area (Å²) in [5.74, 6) is 0.129. The number of halogens is 1. The van der Waals surface area contributed by atoms with Crippen molar-refractivity contribution in [1.29, 1.82) is 0 Å². The van der Waals surface area contributed by atoms with Gasteiger partial charge in [0, 0.05) is 0 Å². The van der Waals surface area contributed by atoms with Crippen molar-refractivity contribution < 1.29 is 23.5 Å². The number of fused-ring (bicyclic) bond motifs is 1. The van der Waals surface area contributed by atoms with Gasteiger partial charge in [0.2, 0.25) is 0 Å². The molecule has 6 nitrogen and oxygen atoms in total. The molecule has 0 fully saturated rings. The van der Waals surface area contributed by atoms with E-state index < -0.39 is 40.5 Å². The predicted molar refractivity (Wildman–Crippen MR) is 188 cm³/mol. The Morgan fingerprint density at radius 2 is 1.00 bits per heavy atom. The van der Waals surface area contributed by atoms with Gasteiger partial charge in [0.25, 0.3) is 0 Å². The van der Waals surface area contributed by atoms with Crippen LogP contribution in [0.1, 0.15) is 52.7 Å². The molecule has 45 heavy (non-hydrogen) atoms. The molecule has 0 spiro atoms. The Kier molecular flexibility index (Phi) is 9.21. The topological polar surface area (TPSA) is 86.7 Å². The van der Waals surface area contributed by atoms with E-state index in [0.717, 1.165) is 18.3 Å². The summed E-state index contributed by atoms with van der Waals surface area (Å²) in [4.78, 5) is 0.0736. The molecule has 9 heteroatoms. The summed E-state index contributed by atoms with van der Waals surface area (Å²) in [6, 6.07) is 33.4. The average molecular weight is 757 g/mol. The van der Waals surface area contributed by atoms with Gasteiger partial charge in [-0.2, -0.15) is 0 Å². The van der Waals surface area contributed by atoms with Gasteiger partial charge in [-0.1, -0.05) is 18.2 Å². The molecule has 0 aliphatic heterocycles. The van der Waals surface area contributed by atoms with Gasteiger partial charge in [-0.25, -0.2) is 0 Å². The van der Waals surface area contributed by atoms with Crippen molar-refractivity contribution >= 4 is 51.2 Å². The van der Waals surface area contributed by atoms with Gasteiger partial charge in [0.15, 0.2) is 0 Å². The molecular weight excluding hydrogens is 719 g/mol. The van der Waals surface area contributed by atoms with Crippen LogP contribution in [0.3, 0.4) is 0 Å². The SMILES string of the molecule is CC(C)(C)c1ccc(I(OS(=O)(=O)c2ccc3cc(OS(=O)(=O)c4ccccc4)ccc3c2)c2ccc(C(C)(C)C)cc2)cc1. The third-order valence-electron chi connectivity index (χ3n) is 7.27. The minimum atomic E-state index is -4.16. The standard InChI is InChI=1S/C36H37IO6S2/c1-35(2,3)28-14-18-30(19-15-28)37(31-20-16-29(17-21-31)36(4,5)6)43-45(40,41)34-23-13-26-24-32(22-12-27(26)25-34)42-44(38,39)33-10-8-7-9-11-33/h7-25H,1-6H3.